The van der Waals surface area contributed by atoms with Crippen molar-refractivity contribution in [2.45, 2.75) is 139 Å². The SMILES string of the molecule is CC(=O)NCCN1CC[C@H](Nc2nc(OC3CCN(C(=O)C4CCC(NC(=O)CCCOC5CCC(OCCNC(=O)[C@H]6CC(=O)N(C)[C@@H]6c6cccnc6)CC5)CC4)CC3)nc3ccc(C(F)(F)F)cc23)C1=O. The molecule has 8 rings (SSSR count). The van der Waals surface area contributed by atoms with Gasteiger partial charge in [-0.1, -0.05) is 6.07 Å². The van der Waals surface area contributed by atoms with E-state index in [1.54, 1.807) is 35.3 Å². The van der Waals surface area contributed by atoms with Crippen molar-refractivity contribution < 1.29 is 56.1 Å². The number of amides is 6. The third-order valence-electron chi connectivity index (χ3n) is 15.1. The van der Waals surface area contributed by atoms with Gasteiger partial charge in [0.25, 0.3) is 0 Å². The Labute approximate surface area is 428 Å². The van der Waals surface area contributed by atoms with Crippen molar-refractivity contribution >= 4 is 52.2 Å². The molecule has 0 bridgehead atoms. The number of likely N-dealkylation sites (tertiary alicyclic amines) is 3. The van der Waals surface area contributed by atoms with Gasteiger partial charge in [0.2, 0.25) is 35.4 Å². The summed E-state index contributed by atoms with van der Waals surface area (Å²) >= 11 is 0. The van der Waals surface area contributed by atoms with Crippen LogP contribution in [-0.4, -0.2) is 155 Å². The Bertz CT molecular complexity index is 2450. The Morgan fingerprint density at radius 1 is 0.824 bits per heavy atom. The maximum absolute atomic E-state index is 13.8. The highest BCUT2D eigenvalue weighted by Gasteiger charge is 2.43. The lowest BCUT2D eigenvalue weighted by atomic mass is 9.84. The number of piperidine rings is 1. The topological polar surface area (TPSA) is 227 Å². The van der Waals surface area contributed by atoms with Crippen LogP contribution >= 0.6 is 0 Å². The molecular formula is C52H69F3N10O9. The number of fused-ring (bicyclic) bond motifs is 1. The second-order valence-corrected chi connectivity index (χ2v) is 20.2. The molecule has 0 unspecified atom stereocenters. The van der Waals surface area contributed by atoms with Gasteiger partial charge in [0.05, 0.1) is 41.9 Å². The lowest BCUT2D eigenvalue weighted by Gasteiger charge is -2.36. The monoisotopic (exact) mass is 1030 g/mol. The molecule has 4 N–H and O–H groups in total. The van der Waals surface area contributed by atoms with E-state index in [0.29, 0.717) is 104 Å². The molecule has 5 fully saturated rings. The third kappa shape index (κ3) is 14.2. The van der Waals surface area contributed by atoms with Crippen LogP contribution in [0.1, 0.15) is 114 Å². The van der Waals surface area contributed by atoms with E-state index < -0.39 is 23.7 Å². The molecule has 74 heavy (non-hydrogen) atoms. The van der Waals surface area contributed by atoms with Crippen molar-refractivity contribution in [2.24, 2.45) is 11.8 Å². The van der Waals surface area contributed by atoms with Crippen molar-refractivity contribution in [1.29, 1.82) is 0 Å². The van der Waals surface area contributed by atoms with Crippen LogP contribution in [0.5, 0.6) is 6.01 Å². The summed E-state index contributed by atoms with van der Waals surface area (Å²) in [5, 5.41) is 11.9. The Hall–Kier alpha value is -6.16. The van der Waals surface area contributed by atoms with E-state index in [0.717, 1.165) is 43.4 Å². The average Bonchev–Trinajstić information content (AvgIpc) is 3.89. The van der Waals surface area contributed by atoms with Crippen molar-refractivity contribution in [1.82, 2.24) is 45.6 Å². The molecule has 1 aromatic carbocycles. The number of nitrogens with one attached hydrogen (secondary N) is 4. The summed E-state index contributed by atoms with van der Waals surface area (Å²) in [6.07, 6.45) is 7.28. The molecule has 2 aromatic heterocycles. The molecule has 3 aliphatic heterocycles. The molecule has 22 heteroatoms. The summed E-state index contributed by atoms with van der Waals surface area (Å²) < 4.78 is 59.7. The number of ether oxygens (including phenoxy) is 3. The maximum Gasteiger partial charge on any atom is 0.416 e. The van der Waals surface area contributed by atoms with Crippen LogP contribution in [0.15, 0.2) is 42.7 Å². The number of rotatable bonds is 20. The predicted molar refractivity (Wildman–Crippen MR) is 264 cm³/mol. The number of pyridine rings is 1. The lowest BCUT2D eigenvalue weighted by Crippen LogP contribution is -2.46. The fraction of sp³-hybridized carbons (Fsp3) is 0.635. The number of benzene rings is 1. The normalized spacial score (nSPS) is 24.8. The first-order chi connectivity index (χ1) is 35.6. The van der Waals surface area contributed by atoms with Gasteiger partial charge in [0.15, 0.2) is 0 Å². The fourth-order valence-electron chi connectivity index (χ4n) is 10.9. The van der Waals surface area contributed by atoms with Crippen molar-refractivity contribution in [3.8, 4) is 6.01 Å². The fourth-order valence-corrected chi connectivity index (χ4v) is 10.9. The number of carbonyl (C=O) groups is 6. The molecule has 2 saturated carbocycles. The van der Waals surface area contributed by atoms with E-state index in [2.05, 4.69) is 36.2 Å². The zero-order chi connectivity index (χ0) is 52.4. The van der Waals surface area contributed by atoms with Gasteiger partial charge in [-0.05, 0) is 94.0 Å². The lowest BCUT2D eigenvalue weighted by molar-refractivity contribution is -0.139. The van der Waals surface area contributed by atoms with Crippen molar-refractivity contribution in [2.75, 3.05) is 64.8 Å². The van der Waals surface area contributed by atoms with E-state index in [4.69, 9.17) is 14.2 Å². The molecule has 3 aromatic rings. The summed E-state index contributed by atoms with van der Waals surface area (Å²) in [5.74, 6) is -1.23. The predicted octanol–water partition coefficient (Wildman–Crippen LogP) is 4.70. The van der Waals surface area contributed by atoms with Crippen molar-refractivity contribution in [3.63, 3.8) is 0 Å². The molecule has 3 atom stereocenters. The highest BCUT2D eigenvalue weighted by Crippen LogP contribution is 2.38. The second-order valence-electron chi connectivity index (χ2n) is 20.2. The molecule has 3 saturated heterocycles. The van der Waals surface area contributed by atoms with Crippen LogP contribution in [0.25, 0.3) is 10.9 Å². The number of halogens is 3. The molecule has 2 aliphatic carbocycles. The van der Waals surface area contributed by atoms with Gasteiger partial charge in [-0.25, -0.2) is 0 Å². The minimum atomic E-state index is -4.61. The van der Waals surface area contributed by atoms with Gasteiger partial charge in [0, 0.05) is 115 Å². The first kappa shape index (κ1) is 54.1. The number of anilines is 1. The first-order valence-electron chi connectivity index (χ1n) is 26.2. The largest absolute Gasteiger partial charge is 0.460 e. The molecule has 19 nitrogen and oxygen atoms in total. The minimum Gasteiger partial charge on any atom is -0.460 e. The van der Waals surface area contributed by atoms with Crippen LogP contribution in [0, 0.1) is 11.8 Å². The van der Waals surface area contributed by atoms with Gasteiger partial charge in [-0.2, -0.15) is 23.1 Å². The quantitative estimate of drug-likeness (QED) is 0.113. The number of carbonyl (C=O) groups excluding carboxylic acids is 6. The number of alkyl halides is 3. The highest BCUT2D eigenvalue weighted by molar-refractivity contribution is 5.94. The number of nitrogens with zero attached hydrogens (tertiary/aromatic N) is 6. The molecular weight excluding hydrogens is 966 g/mol. The van der Waals surface area contributed by atoms with Gasteiger partial charge in [0.1, 0.15) is 18.0 Å². The molecule has 402 valence electrons. The first-order valence-corrected chi connectivity index (χ1v) is 26.2. The summed E-state index contributed by atoms with van der Waals surface area (Å²) in [6.45, 7) is 4.50. The smallest absolute Gasteiger partial charge is 0.416 e. The number of hydrogen-bond acceptors (Lipinski definition) is 13. The van der Waals surface area contributed by atoms with Crippen LogP contribution in [-0.2, 0) is 44.4 Å². The van der Waals surface area contributed by atoms with Gasteiger partial charge in [-0.15, -0.1) is 0 Å². The molecule has 5 aliphatic rings. The summed E-state index contributed by atoms with van der Waals surface area (Å²) in [7, 11) is 1.72. The Kier molecular flexibility index (Phi) is 18.2. The van der Waals surface area contributed by atoms with Gasteiger partial charge < -0.3 is 50.2 Å². The minimum absolute atomic E-state index is 0.00901. The number of hydrogen-bond donors (Lipinski definition) is 4. The molecule has 0 spiro atoms. The highest BCUT2D eigenvalue weighted by atomic mass is 19.4. The Morgan fingerprint density at radius 2 is 1.55 bits per heavy atom. The van der Waals surface area contributed by atoms with Crippen LogP contribution in [0.3, 0.4) is 0 Å². The third-order valence-corrected chi connectivity index (χ3v) is 15.1. The standard InChI is InChI=1S/C52H69F3N10O9/c1-32(66)57-21-26-65-25-19-43(50(65)71)60-47-40-29-35(52(53,54)55)9-16-42(40)61-51(62-47)74-39-17-23-64(24-18-39)49(70)33-7-10-36(11-8-33)59-44(67)6-4-27-72-37-12-14-38(15-13-37)73-28-22-58-48(69)41-30-45(68)63(2)46(41)34-5-3-20-56-31-34/h3,5,9,16,20,29,31,33,36-39,41,43,46H,4,6-8,10-15,17-19,21-28,30H2,1-2H3,(H,57,66)(H,58,69)(H,59,67)(H,60,61,62)/t33?,36?,37?,38?,41-,43-,46+/m0/s1. The Balaban J connectivity index is 0.692. The molecule has 0 radical (unpaired) electrons. The summed E-state index contributed by atoms with van der Waals surface area (Å²) in [6, 6.07) is 5.72. The van der Waals surface area contributed by atoms with Crippen LogP contribution in [0.2, 0.25) is 0 Å². The Morgan fingerprint density at radius 3 is 2.24 bits per heavy atom. The van der Waals surface area contributed by atoms with E-state index in [1.807, 2.05) is 11.0 Å². The van der Waals surface area contributed by atoms with E-state index in [9.17, 15) is 41.9 Å². The maximum atomic E-state index is 13.8. The van der Waals surface area contributed by atoms with E-state index in [-0.39, 0.29) is 107 Å². The van der Waals surface area contributed by atoms with Crippen LogP contribution in [0.4, 0.5) is 19.0 Å². The van der Waals surface area contributed by atoms with Crippen LogP contribution < -0.4 is 26.0 Å². The second kappa shape index (κ2) is 24.9. The zero-order valence-electron chi connectivity index (χ0n) is 42.2. The zero-order valence-corrected chi connectivity index (χ0v) is 42.2. The average molecular weight is 1040 g/mol. The van der Waals surface area contributed by atoms with Crippen molar-refractivity contribution in [3.05, 3.63) is 53.9 Å². The molecule has 6 amide bonds. The van der Waals surface area contributed by atoms with Gasteiger partial charge >= 0.3 is 12.2 Å². The van der Waals surface area contributed by atoms with Gasteiger partial charge in [-0.3, -0.25) is 33.8 Å². The summed E-state index contributed by atoms with van der Waals surface area (Å²) in [5.41, 5.74) is 0.173. The van der Waals surface area contributed by atoms with E-state index in [1.165, 1.54) is 13.0 Å². The van der Waals surface area contributed by atoms with E-state index >= 15 is 0 Å². The number of aromatic nitrogens is 3. The summed E-state index contributed by atoms with van der Waals surface area (Å²) in [4.78, 5) is 94.7. The molecule has 5 heterocycles.